The van der Waals surface area contributed by atoms with Gasteiger partial charge in [0.25, 0.3) is 0 Å². The Morgan fingerprint density at radius 2 is 1.71 bits per heavy atom. The largest absolute Gasteiger partial charge is 0.480 e. The first kappa shape index (κ1) is 17.7. The minimum atomic E-state index is -3.83. The smallest absolute Gasteiger partial charge is 0.318 e. The fourth-order valence-electron chi connectivity index (χ4n) is 2.05. The zero-order valence-electron chi connectivity index (χ0n) is 13.0. The van der Waals surface area contributed by atoms with Crippen molar-refractivity contribution in [2.75, 3.05) is 6.54 Å². The van der Waals surface area contributed by atoms with Gasteiger partial charge in [-0.2, -0.15) is 4.31 Å². The normalized spacial score (nSPS) is 12.6. The van der Waals surface area contributed by atoms with Crippen molar-refractivity contribution in [3.05, 3.63) is 29.8 Å². The summed E-state index contributed by atoms with van der Waals surface area (Å²) in [7, 11) is -3.83. The molecule has 0 heterocycles. The molecule has 6 heteroatoms. The highest BCUT2D eigenvalue weighted by atomic mass is 32.2. The van der Waals surface area contributed by atoms with E-state index in [1.807, 2.05) is 0 Å². The Balaban J connectivity index is 3.19. The molecule has 1 rings (SSSR count). The summed E-state index contributed by atoms with van der Waals surface area (Å²) in [5, 5.41) is 8.97. The molecule has 0 saturated carbocycles. The van der Waals surface area contributed by atoms with Crippen molar-refractivity contribution < 1.29 is 18.3 Å². The van der Waals surface area contributed by atoms with E-state index in [2.05, 4.69) is 6.92 Å². The van der Waals surface area contributed by atoms with E-state index in [9.17, 15) is 13.2 Å². The van der Waals surface area contributed by atoms with Gasteiger partial charge >= 0.3 is 5.97 Å². The number of carboxylic acids is 1. The average Bonchev–Trinajstić information content (AvgIpc) is 2.35. The molecule has 0 atom stereocenters. The minimum Gasteiger partial charge on any atom is -0.480 e. The molecular weight excluding hydrogens is 290 g/mol. The fourth-order valence-corrected chi connectivity index (χ4v) is 3.79. The zero-order valence-corrected chi connectivity index (χ0v) is 13.8. The molecule has 0 saturated heterocycles. The lowest BCUT2D eigenvalue weighted by molar-refractivity contribution is -0.138. The Morgan fingerprint density at radius 3 is 2.10 bits per heavy atom. The number of carboxylic acid groups (broad SMARTS) is 1. The van der Waals surface area contributed by atoms with Crippen LogP contribution in [0.4, 0.5) is 0 Å². The van der Waals surface area contributed by atoms with Gasteiger partial charge in [-0.15, -0.1) is 0 Å². The molecule has 0 spiro atoms. The summed E-state index contributed by atoms with van der Waals surface area (Å²) in [6.45, 7) is 6.54. The standard InChI is InChI=1S/C15H23NO4S/c1-5-6-12-7-9-13(10-8-12)21(19,20)16(11-14(17)18)15(2,3)4/h7-10H,5-6,11H2,1-4H3,(H,17,18). The number of sulfonamides is 1. The molecule has 21 heavy (non-hydrogen) atoms. The summed E-state index contributed by atoms with van der Waals surface area (Å²) < 4.78 is 26.3. The Kier molecular flexibility index (Phi) is 5.53. The van der Waals surface area contributed by atoms with Gasteiger partial charge in [-0.25, -0.2) is 8.42 Å². The molecule has 5 nitrogen and oxygen atoms in total. The lowest BCUT2D eigenvalue weighted by Gasteiger charge is -2.33. The quantitative estimate of drug-likeness (QED) is 0.875. The first-order valence-electron chi connectivity index (χ1n) is 6.92. The number of hydrogen-bond acceptors (Lipinski definition) is 3. The molecule has 0 bridgehead atoms. The van der Waals surface area contributed by atoms with Crippen LogP contribution in [0.2, 0.25) is 0 Å². The summed E-state index contributed by atoms with van der Waals surface area (Å²) in [5.74, 6) is -1.17. The molecule has 1 N–H and O–H groups in total. The van der Waals surface area contributed by atoms with Crippen LogP contribution in [0, 0.1) is 0 Å². The van der Waals surface area contributed by atoms with E-state index >= 15 is 0 Å². The van der Waals surface area contributed by atoms with Crippen LogP contribution in [-0.4, -0.2) is 35.9 Å². The summed E-state index contributed by atoms with van der Waals surface area (Å²) in [4.78, 5) is 11.1. The van der Waals surface area contributed by atoms with Gasteiger partial charge in [0.05, 0.1) is 4.90 Å². The van der Waals surface area contributed by atoms with E-state index in [0.29, 0.717) is 0 Å². The second-order valence-electron chi connectivity index (χ2n) is 5.97. The first-order valence-corrected chi connectivity index (χ1v) is 8.36. The van der Waals surface area contributed by atoms with Crippen molar-refractivity contribution in [2.45, 2.75) is 51.0 Å². The average molecular weight is 313 g/mol. The highest BCUT2D eigenvalue weighted by Crippen LogP contribution is 2.24. The van der Waals surface area contributed by atoms with Crippen LogP contribution in [0.15, 0.2) is 29.2 Å². The van der Waals surface area contributed by atoms with Crippen LogP contribution < -0.4 is 0 Å². The van der Waals surface area contributed by atoms with Crippen LogP contribution in [0.5, 0.6) is 0 Å². The van der Waals surface area contributed by atoms with Crippen molar-refractivity contribution in [1.29, 1.82) is 0 Å². The molecule has 0 aliphatic heterocycles. The van der Waals surface area contributed by atoms with Gasteiger partial charge in [-0.3, -0.25) is 4.79 Å². The molecule has 1 aromatic rings. The fraction of sp³-hybridized carbons (Fsp3) is 0.533. The van der Waals surface area contributed by atoms with Crippen LogP contribution in [-0.2, 0) is 21.2 Å². The van der Waals surface area contributed by atoms with E-state index in [-0.39, 0.29) is 4.90 Å². The zero-order chi connectivity index (χ0) is 16.3. The van der Waals surface area contributed by atoms with Crippen molar-refractivity contribution >= 4 is 16.0 Å². The molecule has 0 fully saturated rings. The predicted molar refractivity (Wildman–Crippen MR) is 81.7 cm³/mol. The molecule has 0 radical (unpaired) electrons. The van der Waals surface area contributed by atoms with Crippen molar-refractivity contribution in [2.24, 2.45) is 0 Å². The Bertz CT molecular complexity index is 585. The van der Waals surface area contributed by atoms with Gasteiger partial charge < -0.3 is 5.11 Å². The maximum atomic E-state index is 12.6. The van der Waals surface area contributed by atoms with Crippen LogP contribution in [0.3, 0.4) is 0 Å². The summed E-state index contributed by atoms with van der Waals surface area (Å²) >= 11 is 0. The summed E-state index contributed by atoms with van der Waals surface area (Å²) in [5.41, 5.74) is 0.260. The second kappa shape index (κ2) is 6.58. The molecular formula is C15H23NO4S. The SMILES string of the molecule is CCCc1ccc(S(=O)(=O)N(CC(=O)O)C(C)(C)C)cc1. The summed E-state index contributed by atoms with van der Waals surface area (Å²) in [6.07, 6.45) is 1.87. The number of hydrogen-bond donors (Lipinski definition) is 1. The van der Waals surface area contributed by atoms with E-state index in [1.54, 1.807) is 45.0 Å². The maximum absolute atomic E-state index is 12.6. The number of aliphatic carboxylic acids is 1. The van der Waals surface area contributed by atoms with E-state index in [4.69, 9.17) is 5.11 Å². The third-order valence-corrected chi connectivity index (χ3v) is 5.20. The van der Waals surface area contributed by atoms with E-state index < -0.39 is 28.1 Å². The van der Waals surface area contributed by atoms with E-state index in [0.717, 1.165) is 22.7 Å². The topological polar surface area (TPSA) is 74.7 Å². The van der Waals surface area contributed by atoms with Gasteiger partial charge in [0, 0.05) is 5.54 Å². The Hall–Kier alpha value is -1.40. The molecule has 0 amide bonds. The van der Waals surface area contributed by atoms with Crippen LogP contribution in [0.25, 0.3) is 0 Å². The molecule has 0 aliphatic carbocycles. The van der Waals surface area contributed by atoms with E-state index in [1.165, 1.54) is 0 Å². The van der Waals surface area contributed by atoms with Gasteiger partial charge in [0.15, 0.2) is 0 Å². The molecule has 0 unspecified atom stereocenters. The van der Waals surface area contributed by atoms with Crippen molar-refractivity contribution in [1.82, 2.24) is 4.31 Å². The molecule has 0 aromatic heterocycles. The number of carbonyl (C=O) groups is 1. The minimum absolute atomic E-state index is 0.124. The monoisotopic (exact) mass is 313 g/mol. The van der Waals surface area contributed by atoms with Crippen molar-refractivity contribution in [3.63, 3.8) is 0 Å². The predicted octanol–water partition coefficient (Wildman–Crippen LogP) is 2.51. The number of benzene rings is 1. The molecule has 0 aliphatic rings. The third-order valence-electron chi connectivity index (χ3n) is 3.08. The highest BCUT2D eigenvalue weighted by Gasteiger charge is 2.35. The van der Waals surface area contributed by atoms with Gasteiger partial charge in [-0.1, -0.05) is 25.5 Å². The third kappa shape index (κ3) is 4.54. The van der Waals surface area contributed by atoms with Crippen LogP contribution in [0.1, 0.15) is 39.7 Å². The Labute approximate surface area is 126 Å². The van der Waals surface area contributed by atoms with Gasteiger partial charge in [0.1, 0.15) is 6.54 Å². The second-order valence-corrected chi connectivity index (χ2v) is 7.83. The number of aryl methyl sites for hydroxylation is 1. The molecule has 118 valence electrons. The van der Waals surface area contributed by atoms with Gasteiger partial charge in [0.2, 0.25) is 10.0 Å². The lowest BCUT2D eigenvalue weighted by Crippen LogP contribution is -2.48. The first-order chi connectivity index (χ1) is 9.59. The number of nitrogens with zero attached hydrogens (tertiary/aromatic N) is 1. The number of rotatable bonds is 6. The summed E-state index contributed by atoms with van der Waals surface area (Å²) in [6, 6.07) is 6.64. The molecule has 1 aromatic carbocycles. The van der Waals surface area contributed by atoms with Gasteiger partial charge in [-0.05, 0) is 44.9 Å². The maximum Gasteiger partial charge on any atom is 0.318 e. The van der Waals surface area contributed by atoms with Crippen LogP contribution >= 0.6 is 0 Å². The van der Waals surface area contributed by atoms with Crippen molar-refractivity contribution in [3.8, 4) is 0 Å². The lowest BCUT2D eigenvalue weighted by atomic mass is 10.1. The highest BCUT2D eigenvalue weighted by molar-refractivity contribution is 7.89. The Morgan fingerprint density at radius 1 is 1.19 bits per heavy atom.